The van der Waals surface area contributed by atoms with Crippen LogP contribution < -0.4 is 29.8 Å². The van der Waals surface area contributed by atoms with Gasteiger partial charge in [0.1, 0.15) is 0 Å². The van der Waals surface area contributed by atoms with Crippen molar-refractivity contribution in [3.63, 3.8) is 0 Å². The highest BCUT2D eigenvalue weighted by molar-refractivity contribution is 7.80. The number of ether oxygens (including phenoxy) is 4. The van der Waals surface area contributed by atoms with Crippen LogP contribution in [0.25, 0.3) is 10.9 Å². The number of nitrogens with zero attached hydrogens (tertiary/aromatic N) is 1. The predicted octanol–water partition coefficient (Wildman–Crippen LogP) is 4.45. The molecule has 0 bridgehead atoms. The number of thiocarbonyl (C=S) groups is 1. The van der Waals surface area contributed by atoms with Crippen molar-refractivity contribution in [1.82, 2.24) is 15.2 Å². The van der Waals surface area contributed by atoms with Crippen molar-refractivity contribution < 1.29 is 18.9 Å². The molecular formula is C27H27N3O5S2. The van der Waals surface area contributed by atoms with Gasteiger partial charge < -0.3 is 34.1 Å². The Bertz CT molecular complexity index is 1470. The first kappa shape index (κ1) is 24.9. The molecule has 0 amide bonds. The number of H-pyrrole nitrogens is 1. The van der Waals surface area contributed by atoms with Gasteiger partial charge in [0.2, 0.25) is 6.79 Å². The molecule has 0 spiro atoms. The number of benzene rings is 2. The zero-order chi connectivity index (χ0) is 25.8. The normalized spacial score (nSPS) is 11.9. The number of nitrogens with one attached hydrogen (secondary N) is 2. The first-order chi connectivity index (χ1) is 18.0. The summed E-state index contributed by atoms with van der Waals surface area (Å²) in [5.74, 6) is 2.70. The minimum atomic E-state index is -0.157. The Hall–Kier alpha value is -3.76. The number of thiophene rings is 1. The molecule has 4 aromatic rings. The molecular weight excluding hydrogens is 510 g/mol. The molecule has 8 nitrogen and oxygen atoms in total. The molecule has 5 rings (SSSR count). The molecule has 192 valence electrons. The van der Waals surface area contributed by atoms with Crippen molar-refractivity contribution >= 4 is 39.6 Å². The van der Waals surface area contributed by atoms with Gasteiger partial charge in [-0.1, -0.05) is 12.1 Å². The number of hydrogen-bond donors (Lipinski definition) is 2. The van der Waals surface area contributed by atoms with E-state index >= 15 is 0 Å². The maximum absolute atomic E-state index is 13.0. The summed E-state index contributed by atoms with van der Waals surface area (Å²) in [6.45, 7) is 1.77. The first-order valence-corrected chi connectivity index (χ1v) is 13.0. The Morgan fingerprint density at radius 2 is 1.89 bits per heavy atom. The van der Waals surface area contributed by atoms with E-state index in [-0.39, 0.29) is 12.4 Å². The standard InChI is InChI=1S/C27H27N3O5S2/c1-32-22-6-5-17(10-23(22)33-2)7-8-28-27(36)30(15-20-4-3-9-37-20)14-19-11-18-12-24-25(35-16-34-24)13-21(18)29-26(19)31/h3-6,9-13H,7-8,14-16H2,1-2H3,(H,28,36)(H,29,31). The average molecular weight is 538 g/mol. The van der Waals surface area contributed by atoms with Crippen molar-refractivity contribution in [2.24, 2.45) is 0 Å². The topological polar surface area (TPSA) is 85.1 Å². The van der Waals surface area contributed by atoms with Crippen molar-refractivity contribution in [3.8, 4) is 23.0 Å². The molecule has 2 aromatic heterocycles. The minimum Gasteiger partial charge on any atom is -0.493 e. The first-order valence-electron chi connectivity index (χ1n) is 11.8. The van der Waals surface area contributed by atoms with Gasteiger partial charge in [-0.2, -0.15) is 0 Å². The number of methoxy groups -OCH3 is 2. The van der Waals surface area contributed by atoms with E-state index in [4.69, 9.17) is 31.2 Å². The van der Waals surface area contributed by atoms with Crippen LogP contribution in [0.4, 0.5) is 0 Å². The third kappa shape index (κ3) is 5.65. The lowest BCUT2D eigenvalue weighted by Crippen LogP contribution is -2.40. The third-order valence-electron chi connectivity index (χ3n) is 6.13. The number of pyridine rings is 1. The second-order valence-corrected chi connectivity index (χ2v) is 9.94. The predicted molar refractivity (Wildman–Crippen MR) is 148 cm³/mol. The Balaban J connectivity index is 1.32. The molecule has 0 unspecified atom stereocenters. The maximum atomic E-state index is 13.0. The minimum absolute atomic E-state index is 0.157. The monoisotopic (exact) mass is 537 g/mol. The quantitative estimate of drug-likeness (QED) is 0.303. The second kappa shape index (κ2) is 11.1. The Kier molecular flexibility index (Phi) is 7.47. The molecule has 10 heteroatoms. The van der Waals surface area contributed by atoms with Crippen molar-refractivity contribution in [2.75, 3.05) is 27.6 Å². The molecule has 0 fully saturated rings. The Morgan fingerprint density at radius 1 is 1.08 bits per heavy atom. The van der Waals surface area contributed by atoms with E-state index in [2.05, 4.69) is 16.4 Å². The van der Waals surface area contributed by atoms with Gasteiger partial charge in [0.15, 0.2) is 28.1 Å². The van der Waals surface area contributed by atoms with Gasteiger partial charge in [0, 0.05) is 28.4 Å². The zero-order valence-corrected chi connectivity index (χ0v) is 22.2. The largest absolute Gasteiger partial charge is 0.493 e. The molecule has 1 aliphatic heterocycles. The van der Waals surface area contributed by atoms with Crippen LogP contribution in [0.2, 0.25) is 0 Å². The average Bonchev–Trinajstić information content (AvgIpc) is 3.59. The van der Waals surface area contributed by atoms with Crippen LogP contribution in [0.1, 0.15) is 16.0 Å². The Morgan fingerprint density at radius 3 is 2.65 bits per heavy atom. The summed E-state index contributed by atoms with van der Waals surface area (Å²) in [5.41, 5.74) is 2.27. The van der Waals surface area contributed by atoms with Crippen LogP contribution in [-0.4, -0.2) is 42.6 Å². The van der Waals surface area contributed by atoms with Crippen LogP contribution in [0, 0.1) is 0 Å². The molecule has 0 saturated heterocycles. The van der Waals surface area contributed by atoms with Crippen molar-refractivity contribution in [3.05, 3.63) is 80.3 Å². The summed E-state index contributed by atoms with van der Waals surface area (Å²) >= 11 is 7.44. The van der Waals surface area contributed by atoms with Gasteiger partial charge in [0.05, 0.1) is 32.8 Å². The molecule has 2 N–H and O–H groups in total. The molecule has 3 heterocycles. The smallest absolute Gasteiger partial charge is 0.253 e. The number of rotatable bonds is 9. The van der Waals surface area contributed by atoms with E-state index < -0.39 is 0 Å². The van der Waals surface area contributed by atoms with Gasteiger partial charge in [-0.3, -0.25) is 4.79 Å². The number of aromatic nitrogens is 1. The number of hydrogen-bond acceptors (Lipinski definition) is 7. The summed E-state index contributed by atoms with van der Waals surface area (Å²) < 4.78 is 21.7. The lowest BCUT2D eigenvalue weighted by Gasteiger charge is -2.25. The van der Waals surface area contributed by atoms with E-state index in [1.807, 2.05) is 46.7 Å². The SMILES string of the molecule is COc1ccc(CCNC(=S)N(Cc2cccs2)Cc2cc3cc4c(cc3[nH]c2=O)OCO4)cc1OC. The van der Waals surface area contributed by atoms with Gasteiger partial charge in [0.25, 0.3) is 5.56 Å². The third-order valence-corrected chi connectivity index (χ3v) is 7.39. The highest BCUT2D eigenvalue weighted by Gasteiger charge is 2.18. The fourth-order valence-corrected chi connectivity index (χ4v) is 5.17. The van der Waals surface area contributed by atoms with E-state index in [9.17, 15) is 4.79 Å². The lowest BCUT2D eigenvalue weighted by atomic mass is 10.1. The van der Waals surface area contributed by atoms with Gasteiger partial charge >= 0.3 is 0 Å². The van der Waals surface area contributed by atoms with Gasteiger partial charge in [-0.15, -0.1) is 11.3 Å². The van der Waals surface area contributed by atoms with Gasteiger partial charge in [-0.25, -0.2) is 0 Å². The van der Waals surface area contributed by atoms with Crippen LogP contribution >= 0.6 is 23.6 Å². The van der Waals surface area contributed by atoms with Crippen LogP contribution in [-0.2, 0) is 19.5 Å². The summed E-state index contributed by atoms with van der Waals surface area (Å²) in [7, 11) is 3.25. The molecule has 0 radical (unpaired) electrons. The molecule has 0 atom stereocenters. The molecule has 2 aromatic carbocycles. The van der Waals surface area contributed by atoms with E-state index in [1.165, 1.54) is 0 Å². The van der Waals surface area contributed by atoms with E-state index in [0.717, 1.165) is 22.2 Å². The summed E-state index contributed by atoms with van der Waals surface area (Å²) in [6, 6.07) is 15.5. The number of fused-ring (bicyclic) bond motifs is 2. The molecule has 0 aliphatic carbocycles. The van der Waals surface area contributed by atoms with E-state index in [0.29, 0.717) is 58.8 Å². The van der Waals surface area contributed by atoms with Crippen LogP contribution in [0.5, 0.6) is 23.0 Å². The fraction of sp³-hybridized carbons (Fsp3) is 0.259. The zero-order valence-electron chi connectivity index (χ0n) is 20.5. The lowest BCUT2D eigenvalue weighted by molar-refractivity contribution is 0.174. The fourth-order valence-electron chi connectivity index (χ4n) is 4.22. The molecule has 37 heavy (non-hydrogen) atoms. The van der Waals surface area contributed by atoms with Crippen LogP contribution in [0.15, 0.2) is 58.7 Å². The highest BCUT2D eigenvalue weighted by atomic mass is 32.1. The maximum Gasteiger partial charge on any atom is 0.253 e. The van der Waals surface area contributed by atoms with Crippen molar-refractivity contribution in [1.29, 1.82) is 0 Å². The summed E-state index contributed by atoms with van der Waals surface area (Å²) in [6.07, 6.45) is 0.747. The highest BCUT2D eigenvalue weighted by Crippen LogP contribution is 2.35. The Labute approximate surface area is 223 Å². The number of aromatic amines is 1. The molecule has 0 saturated carbocycles. The summed E-state index contributed by atoms with van der Waals surface area (Å²) in [5, 5.41) is 6.86. The van der Waals surface area contributed by atoms with E-state index in [1.54, 1.807) is 31.6 Å². The van der Waals surface area contributed by atoms with Gasteiger partial charge in [-0.05, 0) is 59.9 Å². The summed E-state index contributed by atoms with van der Waals surface area (Å²) in [4.78, 5) is 19.1. The molecule has 1 aliphatic rings. The van der Waals surface area contributed by atoms with Crippen LogP contribution in [0.3, 0.4) is 0 Å². The second-order valence-electron chi connectivity index (χ2n) is 8.52. The van der Waals surface area contributed by atoms with Crippen molar-refractivity contribution in [2.45, 2.75) is 19.5 Å².